The van der Waals surface area contributed by atoms with E-state index in [0.29, 0.717) is 6.04 Å². The fourth-order valence-corrected chi connectivity index (χ4v) is 2.24. The summed E-state index contributed by atoms with van der Waals surface area (Å²) in [5.41, 5.74) is 2.23. The average Bonchev–Trinajstić information content (AvgIpc) is 2.38. The van der Waals surface area contributed by atoms with E-state index < -0.39 is 0 Å². The van der Waals surface area contributed by atoms with Gasteiger partial charge in [0.1, 0.15) is 5.82 Å². The monoisotopic (exact) mass is 267 g/mol. The van der Waals surface area contributed by atoms with Crippen molar-refractivity contribution >= 4 is 0 Å². The van der Waals surface area contributed by atoms with Crippen molar-refractivity contribution in [3.63, 3.8) is 0 Å². The van der Waals surface area contributed by atoms with Crippen LogP contribution in [0.15, 0.2) is 18.2 Å². The summed E-state index contributed by atoms with van der Waals surface area (Å²) in [6.45, 7) is 7.21. The maximum Gasteiger partial charge on any atom is 0.123 e. The van der Waals surface area contributed by atoms with Gasteiger partial charge in [0.05, 0.1) is 6.10 Å². The van der Waals surface area contributed by atoms with E-state index in [9.17, 15) is 4.39 Å². The molecule has 1 aromatic carbocycles. The van der Waals surface area contributed by atoms with Crippen molar-refractivity contribution < 1.29 is 9.13 Å². The average molecular weight is 267 g/mol. The van der Waals surface area contributed by atoms with Crippen molar-refractivity contribution in [1.82, 2.24) is 5.32 Å². The predicted molar refractivity (Wildman–Crippen MR) is 78.0 cm³/mol. The van der Waals surface area contributed by atoms with E-state index in [-0.39, 0.29) is 11.9 Å². The minimum atomic E-state index is -0.162. The van der Waals surface area contributed by atoms with Gasteiger partial charge in [-0.1, -0.05) is 13.0 Å². The molecule has 2 nitrogen and oxygen atoms in total. The SMILES string of the molecule is CCCNC(Cc1ccc(F)cc1C)CC(C)OC. The third-order valence-corrected chi connectivity index (χ3v) is 3.47. The lowest BCUT2D eigenvalue weighted by Gasteiger charge is -2.22. The van der Waals surface area contributed by atoms with Gasteiger partial charge in [0.25, 0.3) is 0 Å². The Balaban J connectivity index is 2.69. The highest BCUT2D eigenvalue weighted by Gasteiger charge is 2.14. The number of methoxy groups -OCH3 is 1. The standard InChI is InChI=1S/C16H26FNO/c1-5-8-18-16(10-13(3)19-4)11-14-6-7-15(17)9-12(14)2/h6-7,9,13,16,18H,5,8,10-11H2,1-4H3. The van der Waals surface area contributed by atoms with Gasteiger partial charge in [0, 0.05) is 13.2 Å². The van der Waals surface area contributed by atoms with Crippen molar-refractivity contribution in [2.24, 2.45) is 0 Å². The molecule has 0 fully saturated rings. The maximum absolute atomic E-state index is 13.1. The normalized spacial score (nSPS) is 14.4. The molecule has 0 aromatic heterocycles. The number of hydrogen-bond acceptors (Lipinski definition) is 2. The molecule has 0 saturated carbocycles. The molecule has 0 aliphatic carbocycles. The van der Waals surface area contributed by atoms with Crippen molar-refractivity contribution in [1.29, 1.82) is 0 Å². The third kappa shape index (κ3) is 5.70. The quantitative estimate of drug-likeness (QED) is 0.778. The first-order valence-corrected chi connectivity index (χ1v) is 7.08. The van der Waals surface area contributed by atoms with Crippen LogP contribution < -0.4 is 5.32 Å². The Kier molecular flexibility index (Phi) is 7.03. The fourth-order valence-electron chi connectivity index (χ4n) is 2.24. The van der Waals surface area contributed by atoms with E-state index in [4.69, 9.17) is 4.74 Å². The Hall–Kier alpha value is -0.930. The first kappa shape index (κ1) is 16.1. The number of aryl methyl sites for hydroxylation is 1. The van der Waals surface area contributed by atoms with Gasteiger partial charge in [-0.3, -0.25) is 0 Å². The van der Waals surface area contributed by atoms with Crippen LogP contribution >= 0.6 is 0 Å². The van der Waals surface area contributed by atoms with Gasteiger partial charge in [-0.25, -0.2) is 4.39 Å². The molecule has 19 heavy (non-hydrogen) atoms. The molecule has 0 heterocycles. The molecule has 1 aromatic rings. The second kappa shape index (κ2) is 8.28. The van der Waals surface area contributed by atoms with Crippen molar-refractivity contribution in [2.75, 3.05) is 13.7 Å². The molecular formula is C16H26FNO. The van der Waals surface area contributed by atoms with Gasteiger partial charge in [-0.2, -0.15) is 0 Å². The van der Waals surface area contributed by atoms with Crippen LogP contribution in [0.3, 0.4) is 0 Å². The zero-order chi connectivity index (χ0) is 14.3. The van der Waals surface area contributed by atoms with Crippen LogP contribution in [0.2, 0.25) is 0 Å². The molecule has 2 unspecified atom stereocenters. The minimum absolute atomic E-state index is 0.162. The van der Waals surface area contributed by atoms with E-state index >= 15 is 0 Å². The Labute approximate surface area is 116 Å². The third-order valence-electron chi connectivity index (χ3n) is 3.47. The summed E-state index contributed by atoms with van der Waals surface area (Å²) < 4.78 is 18.5. The summed E-state index contributed by atoms with van der Waals surface area (Å²) in [6, 6.07) is 5.41. The molecule has 0 spiro atoms. The zero-order valence-electron chi connectivity index (χ0n) is 12.5. The van der Waals surface area contributed by atoms with Gasteiger partial charge >= 0.3 is 0 Å². The summed E-state index contributed by atoms with van der Waals surface area (Å²) in [4.78, 5) is 0. The topological polar surface area (TPSA) is 21.3 Å². The van der Waals surface area contributed by atoms with Crippen LogP contribution in [-0.2, 0) is 11.2 Å². The highest BCUT2D eigenvalue weighted by Crippen LogP contribution is 2.15. The van der Waals surface area contributed by atoms with Crippen LogP contribution in [0.5, 0.6) is 0 Å². The molecule has 2 atom stereocenters. The lowest BCUT2D eigenvalue weighted by atomic mass is 9.97. The smallest absolute Gasteiger partial charge is 0.123 e. The van der Waals surface area contributed by atoms with Crippen LogP contribution in [0, 0.1) is 12.7 Å². The fraction of sp³-hybridized carbons (Fsp3) is 0.625. The maximum atomic E-state index is 13.1. The number of rotatable bonds is 8. The van der Waals surface area contributed by atoms with Gasteiger partial charge in [0.2, 0.25) is 0 Å². The van der Waals surface area contributed by atoms with E-state index in [2.05, 4.69) is 19.2 Å². The predicted octanol–water partition coefficient (Wildman–Crippen LogP) is 3.47. The van der Waals surface area contributed by atoms with Crippen LogP contribution in [0.4, 0.5) is 4.39 Å². The second-order valence-corrected chi connectivity index (χ2v) is 5.21. The minimum Gasteiger partial charge on any atom is -0.382 e. The summed E-state index contributed by atoms with van der Waals surface area (Å²) in [5.74, 6) is -0.162. The van der Waals surface area contributed by atoms with Crippen molar-refractivity contribution in [2.45, 2.75) is 52.2 Å². The summed E-state index contributed by atoms with van der Waals surface area (Å²) in [5, 5.41) is 3.55. The first-order valence-electron chi connectivity index (χ1n) is 7.08. The number of nitrogens with one attached hydrogen (secondary N) is 1. The number of benzene rings is 1. The van der Waals surface area contributed by atoms with Gasteiger partial charge in [-0.05, 0) is 62.9 Å². The molecule has 0 saturated heterocycles. The Bertz CT molecular complexity index is 381. The van der Waals surface area contributed by atoms with E-state index in [0.717, 1.165) is 31.4 Å². The van der Waals surface area contributed by atoms with Gasteiger partial charge in [-0.15, -0.1) is 0 Å². The van der Waals surface area contributed by atoms with Crippen molar-refractivity contribution in [3.05, 3.63) is 35.1 Å². The highest BCUT2D eigenvalue weighted by molar-refractivity contribution is 5.27. The molecule has 0 bridgehead atoms. The molecule has 3 heteroatoms. The van der Waals surface area contributed by atoms with Gasteiger partial charge in [0.15, 0.2) is 0 Å². The summed E-state index contributed by atoms with van der Waals surface area (Å²) in [7, 11) is 1.74. The van der Waals surface area contributed by atoms with E-state index in [1.54, 1.807) is 19.2 Å². The molecule has 108 valence electrons. The molecule has 0 radical (unpaired) electrons. The molecule has 1 N–H and O–H groups in total. The lowest BCUT2D eigenvalue weighted by molar-refractivity contribution is 0.100. The van der Waals surface area contributed by atoms with Crippen LogP contribution in [-0.4, -0.2) is 25.8 Å². The highest BCUT2D eigenvalue weighted by atomic mass is 19.1. The number of hydrogen-bond donors (Lipinski definition) is 1. The van der Waals surface area contributed by atoms with Crippen molar-refractivity contribution in [3.8, 4) is 0 Å². The Morgan fingerprint density at radius 1 is 1.37 bits per heavy atom. The number of halogens is 1. The van der Waals surface area contributed by atoms with Gasteiger partial charge < -0.3 is 10.1 Å². The lowest BCUT2D eigenvalue weighted by Crippen LogP contribution is -2.35. The zero-order valence-corrected chi connectivity index (χ0v) is 12.5. The Morgan fingerprint density at radius 2 is 2.11 bits per heavy atom. The first-order chi connectivity index (χ1) is 9.06. The van der Waals surface area contributed by atoms with Crippen LogP contribution in [0.25, 0.3) is 0 Å². The number of ether oxygens (including phenoxy) is 1. The van der Waals surface area contributed by atoms with E-state index in [1.807, 2.05) is 13.0 Å². The molecule has 1 rings (SSSR count). The molecule has 0 aliphatic heterocycles. The largest absolute Gasteiger partial charge is 0.382 e. The van der Waals surface area contributed by atoms with Crippen LogP contribution in [0.1, 0.15) is 37.8 Å². The summed E-state index contributed by atoms with van der Waals surface area (Å²) in [6.07, 6.45) is 3.23. The second-order valence-electron chi connectivity index (χ2n) is 5.21. The molecule has 0 aliphatic rings. The Morgan fingerprint density at radius 3 is 2.68 bits per heavy atom. The van der Waals surface area contributed by atoms with E-state index in [1.165, 1.54) is 5.56 Å². The molecular weight excluding hydrogens is 241 g/mol. The molecule has 0 amide bonds. The summed E-state index contributed by atoms with van der Waals surface area (Å²) >= 11 is 0.